The number of nitrogens with one attached hydrogen (secondary N) is 1. The van der Waals surface area contributed by atoms with Crippen molar-refractivity contribution in [3.63, 3.8) is 0 Å². The minimum atomic E-state index is -0.414. The number of anilines is 1. The Hall–Kier alpha value is -2.48. The fourth-order valence-electron chi connectivity index (χ4n) is 3.62. The Morgan fingerprint density at radius 2 is 1.88 bits per heavy atom. The Morgan fingerprint density at radius 1 is 1.15 bits per heavy atom. The number of rotatable bonds is 13. The lowest BCUT2D eigenvalue weighted by molar-refractivity contribution is -0.139. The Bertz CT molecular complexity index is 969. The van der Waals surface area contributed by atoms with Crippen molar-refractivity contribution in [2.45, 2.75) is 77.9 Å². The van der Waals surface area contributed by atoms with E-state index < -0.39 is 6.04 Å². The second kappa shape index (κ2) is 12.8. The Morgan fingerprint density at radius 3 is 2.56 bits per heavy atom. The highest BCUT2D eigenvalue weighted by molar-refractivity contribution is 7.99. The number of nitrogens with zero attached hydrogens (tertiary/aromatic N) is 3. The SMILES string of the molecule is CCCCOC(=O)C1=C(C)Nc2nc(SCCCC)nn2C1c1ccc(OCCC(C)C)cc1. The summed E-state index contributed by atoms with van der Waals surface area (Å²) in [6.45, 7) is 11.6. The molecule has 3 rings (SSSR count). The number of allylic oxidation sites excluding steroid dienone is 1. The minimum Gasteiger partial charge on any atom is -0.494 e. The highest BCUT2D eigenvalue weighted by atomic mass is 32.2. The smallest absolute Gasteiger partial charge is 0.338 e. The number of aromatic nitrogens is 3. The van der Waals surface area contributed by atoms with Crippen LogP contribution in [-0.2, 0) is 9.53 Å². The second-order valence-corrected chi connectivity index (χ2v) is 10.1. The molecule has 1 aliphatic heterocycles. The van der Waals surface area contributed by atoms with E-state index in [1.54, 1.807) is 11.8 Å². The number of hydrogen-bond acceptors (Lipinski definition) is 7. The van der Waals surface area contributed by atoms with Crippen LogP contribution < -0.4 is 10.1 Å². The van der Waals surface area contributed by atoms with Crippen molar-refractivity contribution < 1.29 is 14.3 Å². The van der Waals surface area contributed by atoms with Crippen LogP contribution in [0.3, 0.4) is 0 Å². The quantitative estimate of drug-likeness (QED) is 0.204. The average Bonchev–Trinajstić information content (AvgIpc) is 3.21. The van der Waals surface area contributed by atoms with E-state index in [0.717, 1.165) is 54.9 Å². The molecule has 0 saturated carbocycles. The average molecular weight is 487 g/mol. The molecular formula is C26H38N4O3S. The predicted molar refractivity (Wildman–Crippen MR) is 137 cm³/mol. The van der Waals surface area contributed by atoms with E-state index in [-0.39, 0.29) is 5.97 Å². The van der Waals surface area contributed by atoms with E-state index in [9.17, 15) is 4.79 Å². The number of carbonyl (C=O) groups excluding carboxylic acids is 1. The first-order chi connectivity index (χ1) is 16.4. The summed E-state index contributed by atoms with van der Waals surface area (Å²) < 4.78 is 13.3. The highest BCUT2D eigenvalue weighted by Crippen LogP contribution is 2.37. The van der Waals surface area contributed by atoms with Crippen LogP contribution in [0, 0.1) is 5.92 Å². The summed E-state index contributed by atoms with van der Waals surface area (Å²) in [6.07, 6.45) is 5.05. The molecule has 2 heterocycles. The first kappa shape index (κ1) is 26.1. The Balaban J connectivity index is 1.89. The highest BCUT2D eigenvalue weighted by Gasteiger charge is 2.35. The van der Waals surface area contributed by atoms with Crippen molar-refractivity contribution in [3.05, 3.63) is 41.1 Å². The lowest BCUT2D eigenvalue weighted by Crippen LogP contribution is -2.29. The lowest BCUT2D eigenvalue weighted by Gasteiger charge is -2.28. The first-order valence-electron chi connectivity index (χ1n) is 12.4. The summed E-state index contributed by atoms with van der Waals surface area (Å²) in [5, 5.41) is 8.75. The molecule has 0 amide bonds. The van der Waals surface area contributed by atoms with Crippen molar-refractivity contribution in [1.82, 2.24) is 14.8 Å². The molecule has 34 heavy (non-hydrogen) atoms. The van der Waals surface area contributed by atoms with Crippen LogP contribution in [0.5, 0.6) is 5.75 Å². The van der Waals surface area contributed by atoms with Crippen LogP contribution in [0.2, 0.25) is 0 Å². The number of unbranched alkanes of at least 4 members (excludes halogenated alkanes) is 2. The molecule has 0 bridgehead atoms. The monoisotopic (exact) mass is 486 g/mol. The van der Waals surface area contributed by atoms with Crippen molar-refractivity contribution in [2.24, 2.45) is 5.92 Å². The van der Waals surface area contributed by atoms with Gasteiger partial charge in [-0.1, -0.05) is 64.4 Å². The molecule has 1 aliphatic rings. The topological polar surface area (TPSA) is 78.3 Å². The summed E-state index contributed by atoms with van der Waals surface area (Å²) in [4.78, 5) is 17.8. The van der Waals surface area contributed by atoms with Crippen molar-refractivity contribution in [3.8, 4) is 5.75 Å². The first-order valence-corrected chi connectivity index (χ1v) is 13.4. The summed E-state index contributed by atoms with van der Waals surface area (Å²) in [7, 11) is 0. The molecule has 2 aromatic rings. The minimum absolute atomic E-state index is 0.318. The maximum absolute atomic E-state index is 13.2. The zero-order chi connectivity index (χ0) is 24.5. The van der Waals surface area contributed by atoms with Gasteiger partial charge >= 0.3 is 5.97 Å². The molecule has 1 atom stereocenters. The molecule has 0 saturated heterocycles. The van der Waals surface area contributed by atoms with Gasteiger partial charge in [0.05, 0.1) is 18.8 Å². The molecule has 7 nitrogen and oxygen atoms in total. The van der Waals surface area contributed by atoms with Gasteiger partial charge in [0.15, 0.2) is 0 Å². The van der Waals surface area contributed by atoms with Crippen LogP contribution in [0.25, 0.3) is 0 Å². The van der Waals surface area contributed by atoms with E-state index in [1.807, 2.05) is 35.9 Å². The molecule has 8 heteroatoms. The number of esters is 1. The van der Waals surface area contributed by atoms with E-state index in [2.05, 4.69) is 38.0 Å². The molecular weight excluding hydrogens is 448 g/mol. The zero-order valence-electron chi connectivity index (χ0n) is 21.1. The van der Waals surface area contributed by atoms with Gasteiger partial charge in [-0.15, -0.1) is 5.10 Å². The third kappa shape index (κ3) is 6.78. The van der Waals surface area contributed by atoms with Gasteiger partial charge in [0.25, 0.3) is 0 Å². The molecule has 1 aromatic heterocycles. The van der Waals surface area contributed by atoms with E-state index in [1.165, 1.54) is 0 Å². The largest absolute Gasteiger partial charge is 0.494 e. The van der Waals surface area contributed by atoms with Gasteiger partial charge in [0.2, 0.25) is 11.1 Å². The molecule has 1 aromatic carbocycles. The maximum Gasteiger partial charge on any atom is 0.338 e. The van der Waals surface area contributed by atoms with Crippen molar-refractivity contribution in [2.75, 3.05) is 24.3 Å². The molecule has 0 radical (unpaired) electrons. The van der Waals surface area contributed by atoms with Gasteiger partial charge < -0.3 is 14.8 Å². The number of thioether (sulfide) groups is 1. The van der Waals surface area contributed by atoms with Crippen molar-refractivity contribution in [1.29, 1.82) is 0 Å². The van der Waals surface area contributed by atoms with E-state index in [0.29, 0.717) is 35.8 Å². The fourth-order valence-corrected chi connectivity index (χ4v) is 4.53. The molecule has 186 valence electrons. The molecule has 0 fully saturated rings. The van der Waals surface area contributed by atoms with Gasteiger partial charge in [0.1, 0.15) is 11.8 Å². The number of benzene rings is 1. The standard InChI is InChI=1S/C26H38N4O3S/c1-6-8-15-33-24(31)22-19(5)27-25-28-26(34-17-9-7-2)29-30(25)23(22)20-10-12-21(13-11-20)32-16-14-18(3)4/h10-13,18,23H,6-9,14-17H2,1-5H3,(H,27,28,29). The predicted octanol–water partition coefficient (Wildman–Crippen LogP) is 6.23. The number of fused-ring (bicyclic) bond motifs is 1. The molecule has 1 unspecified atom stereocenters. The molecule has 0 spiro atoms. The molecule has 1 N–H and O–H groups in total. The number of carbonyl (C=O) groups is 1. The Labute approximate surface area is 207 Å². The van der Waals surface area contributed by atoms with Gasteiger partial charge in [-0.25, -0.2) is 9.48 Å². The van der Waals surface area contributed by atoms with Gasteiger partial charge in [0, 0.05) is 11.4 Å². The summed E-state index contributed by atoms with van der Waals surface area (Å²) in [5.41, 5.74) is 2.25. The zero-order valence-corrected chi connectivity index (χ0v) is 21.9. The number of ether oxygens (including phenoxy) is 2. The third-order valence-corrected chi connectivity index (χ3v) is 6.60. The number of hydrogen-bond donors (Lipinski definition) is 1. The fraction of sp³-hybridized carbons (Fsp3) is 0.577. The van der Waals surface area contributed by atoms with Crippen LogP contribution in [0.4, 0.5) is 5.95 Å². The van der Waals surface area contributed by atoms with Crippen molar-refractivity contribution >= 4 is 23.7 Å². The van der Waals surface area contributed by atoms with E-state index in [4.69, 9.17) is 14.6 Å². The van der Waals surface area contributed by atoms with Crippen LogP contribution in [0.15, 0.2) is 40.7 Å². The summed E-state index contributed by atoms with van der Waals surface area (Å²) >= 11 is 1.64. The van der Waals surface area contributed by atoms with Crippen LogP contribution in [0.1, 0.15) is 78.3 Å². The normalized spacial score (nSPS) is 15.3. The summed E-state index contributed by atoms with van der Waals surface area (Å²) in [5.74, 6) is 2.70. The Kier molecular flexibility index (Phi) is 9.86. The third-order valence-electron chi connectivity index (χ3n) is 5.67. The van der Waals surface area contributed by atoms with E-state index >= 15 is 0 Å². The molecule has 0 aliphatic carbocycles. The summed E-state index contributed by atoms with van der Waals surface area (Å²) in [6, 6.07) is 7.51. The van der Waals surface area contributed by atoms with Crippen LogP contribution >= 0.6 is 11.8 Å². The second-order valence-electron chi connectivity index (χ2n) is 9.02. The maximum atomic E-state index is 13.2. The van der Waals surface area contributed by atoms with Gasteiger partial charge in [-0.2, -0.15) is 4.98 Å². The van der Waals surface area contributed by atoms with Crippen LogP contribution in [-0.4, -0.2) is 39.7 Å². The van der Waals surface area contributed by atoms with Gasteiger partial charge in [-0.05, 0) is 49.8 Å². The van der Waals surface area contributed by atoms with Gasteiger partial charge in [-0.3, -0.25) is 0 Å². The lowest BCUT2D eigenvalue weighted by atomic mass is 9.96.